The molecule has 39 heavy (non-hydrogen) atoms. The van der Waals surface area contributed by atoms with Crippen LogP contribution < -0.4 is 9.47 Å². The fraction of sp³-hybridized carbons (Fsp3) is 0.419. The summed E-state index contributed by atoms with van der Waals surface area (Å²) in [6, 6.07) is 13.5. The van der Waals surface area contributed by atoms with Crippen molar-refractivity contribution in [2.75, 3.05) is 13.7 Å². The summed E-state index contributed by atoms with van der Waals surface area (Å²) in [5.41, 5.74) is 4.87. The molecule has 0 spiro atoms. The molecule has 3 heterocycles. The van der Waals surface area contributed by atoms with Gasteiger partial charge in [0.05, 0.1) is 25.3 Å². The Labute approximate surface area is 228 Å². The minimum atomic E-state index is -1.13. The third-order valence-electron chi connectivity index (χ3n) is 8.15. The number of pyridine rings is 1. The van der Waals surface area contributed by atoms with E-state index < -0.39 is 23.8 Å². The molecule has 2 aliphatic heterocycles. The molecule has 0 bridgehead atoms. The number of rotatable bonds is 8. The molecule has 2 N–H and O–H groups in total. The van der Waals surface area contributed by atoms with Crippen molar-refractivity contribution in [3.8, 4) is 22.8 Å². The number of aliphatic carboxylic acids is 1. The van der Waals surface area contributed by atoms with Crippen LogP contribution in [-0.2, 0) is 17.8 Å². The lowest BCUT2D eigenvalue weighted by Gasteiger charge is -2.30. The number of carbonyl (C=O) groups is 1. The van der Waals surface area contributed by atoms with Crippen LogP contribution in [0.4, 0.5) is 4.39 Å². The molecule has 3 aromatic rings. The number of carboxylic acid groups (broad SMARTS) is 1. The summed E-state index contributed by atoms with van der Waals surface area (Å²) < 4.78 is 26.5. The van der Waals surface area contributed by atoms with Gasteiger partial charge in [-0.05, 0) is 86.0 Å². The Hall–Kier alpha value is -3.49. The number of fused-ring (bicyclic) bond motifs is 1. The number of aliphatic hydroxyl groups is 1. The topological polar surface area (TPSA) is 92.1 Å². The van der Waals surface area contributed by atoms with Crippen molar-refractivity contribution in [3.63, 3.8) is 0 Å². The molecule has 0 amide bonds. The molecule has 1 unspecified atom stereocenters. The van der Waals surface area contributed by atoms with Crippen LogP contribution in [0.1, 0.15) is 67.6 Å². The molecule has 8 heteroatoms. The second-order valence-electron chi connectivity index (χ2n) is 10.7. The molecule has 1 fully saturated rings. The highest BCUT2D eigenvalue weighted by Gasteiger charge is 2.29. The molecule has 7 nitrogen and oxygen atoms in total. The maximum Gasteiger partial charge on any atom is 0.309 e. The van der Waals surface area contributed by atoms with E-state index in [4.69, 9.17) is 9.47 Å². The molecule has 1 saturated heterocycles. The van der Waals surface area contributed by atoms with Gasteiger partial charge in [-0.15, -0.1) is 0 Å². The maximum absolute atomic E-state index is 14.8. The van der Waals surface area contributed by atoms with Crippen LogP contribution in [0.2, 0.25) is 0 Å². The molecule has 0 radical (unpaired) electrons. The van der Waals surface area contributed by atoms with Crippen LogP contribution in [0, 0.1) is 11.7 Å². The molecule has 0 aliphatic carbocycles. The van der Waals surface area contributed by atoms with Crippen molar-refractivity contribution in [1.82, 2.24) is 9.88 Å². The molecule has 4 atom stereocenters. The van der Waals surface area contributed by atoms with Crippen molar-refractivity contribution in [3.05, 3.63) is 76.7 Å². The summed E-state index contributed by atoms with van der Waals surface area (Å²) in [5.74, 6) is -1.38. The van der Waals surface area contributed by atoms with Crippen LogP contribution in [0.3, 0.4) is 0 Å². The highest BCUT2D eigenvalue weighted by atomic mass is 19.1. The monoisotopic (exact) mass is 534 g/mol. The highest BCUT2D eigenvalue weighted by Crippen LogP contribution is 2.40. The Morgan fingerprint density at radius 3 is 2.77 bits per heavy atom. The Morgan fingerprint density at radius 2 is 2.05 bits per heavy atom. The van der Waals surface area contributed by atoms with E-state index in [0.717, 1.165) is 61.0 Å². The average Bonchev–Trinajstić information content (AvgIpc) is 3.35. The van der Waals surface area contributed by atoms with E-state index in [1.165, 1.54) is 20.2 Å². The van der Waals surface area contributed by atoms with E-state index in [9.17, 15) is 19.4 Å². The molecule has 2 aliphatic rings. The van der Waals surface area contributed by atoms with Gasteiger partial charge in [0.1, 0.15) is 17.7 Å². The maximum atomic E-state index is 14.8. The summed E-state index contributed by atoms with van der Waals surface area (Å²) >= 11 is 0. The van der Waals surface area contributed by atoms with Crippen molar-refractivity contribution in [2.24, 2.45) is 5.92 Å². The molecule has 1 aromatic heterocycles. The normalized spacial score (nSPS) is 20.6. The summed E-state index contributed by atoms with van der Waals surface area (Å²) in [7, 11) is 1.51. The van der Waals surface area contributed by atoms with Gasteiger partial charge >= 0.3 is 5.97 Å². The van der Waals surface area contributed by atoms with Crippen molar-refractivity contribution >= 4 is 5.97 Å². The molecular formula is C31H35FN2O5. The van der Waals surface area contributed by atoms with E-state index in [1.54, 1.807) is 18.2 Å². The number of hydrogen-bond donors (Lipinski definition) is 2. The van der Waals surface area contributed by atoms with E-state index in [-0.39, 0.29) is 6.10 Å². The first kappa shape index (κ1) is 27.1. The zero-order valence-electron chi connectivity index (χ0n) is 22.6. The molecule has 0 saturated carbocycles. The standard InChI is InChI=1S/C31H35FN2O5/c1-18-5-4-12-34(18)17-23-13-21(25-15-29(38-3)33-16-26(25)32)8-10-24(23)27-11-9-20-6-7-22(14-28(20)39-27)30(35)19(2)31(36)37/h6-8,10,13-16,18-19,27,30,35H,4-5,9,11-12,17H2,1-3H3,(H,36,37)/t18-,19-,27?,30+/m0/s1. The first-order valence-electron chi connectivity index (χ1n) is 13.5. The lowest BCUT2D eigenvalue weighted by molar-refractivity contribution is -0.145. The average molecular weight is 535 g/mol. The second kappa shape index (κ2) is 11.3. The minimum absolute atomic E-state index is 0.222. The number of aryl methyl sites for hydroxylation is 1. The number of likely N-dealkylation sites (tertiary alicyclic amines) is 1. The van der Waals surface area contributed by atoms with Crippen LogP contribution in [-0.4, -0.2) is 45.8 Å². The molecule has 2 aromatic carbocycles. The van der Waals surface area contributed by atoms with Crippen molar-refractivity contribution in [2.45, 2.75) is 64.3 Å². The fourth-order valence-corrected chi connectivity index (χ4v) is 5.64. The zero-order valence-corrected chi connectivity index (χ0v) is 22.6. The Morgan fingerprint density at radius 1 is 1.23 bits per heavy atom. The first-order chi connectivity index (χ1) is 18.7. The van der Waals surface area contributed by atoms with E-state index in [2.05, 4.69) is 16.8 Å². The predicted octanol–water partition coefficient (Wildman–Crippen LogP) is 5.70. The number of aromatic nitrogens is 1. The first-order valence-corrected chi connectivity index (χ1v) is 13.5. The van der Waals surface area contributed by atoms with Crippen molar-refractivity contribution in [1.29, 1.82) is 0 Å². The Balaban J connectivity index is 1.49. The smallest absolute Gasteiger partial charge is 0.309 e. The van der Waals surface area contributed by atoms with E-state index >= 15 is 0 Å². The van der Waals surface area contributed by atoms with Crippen molar-refractivity contribution < 1.29 is 28.9 Å². The zero-order chi connectivity index (χ0) is 27.7. The molecular weight excluding hydrogens is 499 g/mol. The van der Waals surface area contributed by atoms with E-state index in [1.807, 2.05) is 24.3 Å². The van der Waals surface area contributed by atoms with Gasteiger partial charge < -0.3 is 19.7 Å². The van der Waals surface area contributed by atoms with Gasteiger partial charge in [0.2, 0.25) is 5.88 Å². The number of halogens is 1. The van der Waals surface area contributed by atoms with E-state index in [0.29, 0.717) is 28.8 Å². The molecule has 5 rings (SSSR count). The summed E-state index contributed by atoms with van der Waals surface area (Å²) in [6.45, 7) is 5.47. The van der Waals surface area contributed by atoms with Gasteiger partial charge in [0.25, 0.3) is 0 Å². The summed E-state index contributed by atoms with van der Waals surface area (Å²) in [5, 5.41) is 19.9. The van der Waals surface area contributed by atoms with Crippen LogP contribution in [0.5, 0.6) is 11.6 Å². The summed E-state index contributed by atoms with van der Waals surface area (Å²) in [6.07, 6.45) is 3.71. The van der Waals surface area contributed by atoms with Crippen LogP contribution in [0.25, 0.3) is 11.1 Å². The SMILES string of the molecule is COc1cc(-c2ccc(C3CCc4ccc([C@H](O)[C@H](C)C(=O)O)cc4O3)c(CN3CCC[C@@H]3C)c2)c(F)cn1. The Kier molecular flexibility index (Phi) is 7.86. The van der Waals surface area contributed by atoms with Crippen LogP contribution in [0.15, 0.2) is 48.7 Å². The van der Waals surface area contributed by atoms with Gasteiger partial charge in [0.15, 0.2) is 0 Å². The lowest BCUT2D eigenvalue weighted by atomic mass is 9.90. The number of methoxy groups -OCH3 is 1. The molecule has 206 valence electrons. The van der Waals surface area contributed by atoms with Gasteiger partial charge in [-0.25, -0.2) is 9.37 Å². The van der Waals surface area contributed by atoms with Crippen LogP contribution >= 0.6 is 0 Å². The third kappa shape index (κ3) is 5.63. The highest BCUT2D eigenvalue weighted by molar-refractivity contribution is 5.70. The Bertz CT molecular complexity index is 1360. The second-order valence-corrected chi connectivity index (χ2v) is 10.7. The fourth-order valence-electron chi connectivity index (χ4n) is 5.64. The van der Waals surface area contributed by atoms with Gasteiger partial charge in [-0.1, -0.05) is 24.3 Å². The van der Waals surface area contributed by atoms with Gasteiger partial charge in [-0.2, -0.15) is 0 Å². The third-order valence-corrected chi connectivity index (χ3v) is 8.15. The number of aliphatic hydroxyl groups excluding tert-OH is 1. The van der Waals surface area contributed by atoms with Gasteiger partial charge in [0, 0.05) is 24.2 Å². The van der Waals surface area contributed by atoms with Gasteiger partial charge in [-0.3, -0.25) is 9.69 Å². The number of benzene rings is 2. The quantitative estimate of drug-likeness (QED) is 0.383. The number of hydrogen-bond acceptors (Lipinski definition) is 6. The lowest BCUT2D eigenvalue weighted by Crippen LogP contribution is -2.27. The number of carboxylic acids is 1. The number of ether oxygens (including phenoxy) is 2. The predicted molar refractivity (Wildman–Crippen MR) is 145 cm³/mol. The summed E-state index contributed by atoms with van der Waals surface area (Å²) in [4.78, 5) is 17.8. The number of nitrogens with zero attached hydrogens (tertiary/aromatic N) is 2. The minimum Gasteiger partial charge on any atom is -0.485 e. The largest absolute Gasteiger partial charge is 0.485 e.